The molecule has 2 aromatic carbocycles. The molecule has 0 spiro atoms. The van der Waals surface area contributed by atoms with Gasteiger partial charge in [-0.2, -0.15) is 0 Å². The summed E-state index contributed by atoms with van der Waals surface area (Å²) in [5, 5.41) is 0. The first-order chi connectivity index (χ1) is 13.5. The minimum atomic E-state index is -0.263. The average molecular weight is 509 g/mol. The zero-order valence-electron chi connectivity index (χ0n) is 15.5. The van der Waals surface area contributed by atoms with Gasteiger partial charge in [0, 0.05) is 14.5 Å². The van der Waals surface area contributed by atoms with E-state index in [1.54, 1.807) is 4.90 Å². The van der Waals surface area contributed by atoms with Crippen LogP contribution in [0.1, 0.15) is 12.0 Å². The third-order valence-electron chi connectivity index (χ3n) is 5.69. The number of carbonyl (C=O) groups excluding carboxylic acids is 2. The molecule has 7 heteroatoms. The molecule has 0 aromatic heterocycles. The van der Waals surface area contributed by atoms with Crippen LogP contribution in [-0.4, -0.2) is 44.0 Å². The average Bonchev–Trinajstić information content (AvgIpc) is 2.98. The van der Waals surface area contributed by atoms with Gasteiger partial charge in [-0.15, -0.1) is 0 Å². The van der Waals surface area contributed by atoms with Crippen molar-refractivity contribution < 1.29 is 19.4 Å². The van der Waals surface area contributed by atoms with Crippen LogP contribution in [0.25, 0.3) is 0 Å². The summed E-state index contributed by atoms with van der Waals surface area (Å²) in [5.41, 5.74) is 1.98. The van der Waals surface area contributed by atoms with E-state index >= 15 is 0 Å². The summed E-state index contributed by atoms with van der Waals surface area (Å²) in [6, 6.07) is 15.8. The van der Waals surface area contributed by atoms with Gasteiger partial charge < -0.3 is 9.80 Å². The lowest BCUT2D eigenvalue weighted by atomic mass is 10.1. The second-order valence-electron chi connectivity index (χ2n) is 7.49. The molecule has 2 aliphatic rings. The Balaban J connectivity index is 1.41. The minimum Gasteiger partial charge on any atom is -0.322 e. The molecule has 146 valence electrons. The van der Waals surface area contributed by atoms with E-state index in [9.17, 15) is 9.59 Å². The second kappa shape index (κ2) is 8.45. The van der Waals surface area contributed by atoms with Crippen molar-refractivity contribution in [1.29, 1.82) is 0 Å². The zero-order chi connectivity index (χ0) is 19.7. The Morgan fingerprint density at radius 1 is 0.964 bits per heavy atom. The summed E-state index contributed by atoms with van der Waals surface area (Å²) in [4.78, 5) is 29.8. The normalized spacial score (nSPS) is 25.4. The Bertz CT molecular complexity index is 882. The smallest absolute Gasteiger partial charge is 0.292 e. The van der Waals surface area contributed by atoms with E-state index in [4.69, 9.17) is 0 Å². The van der Waals surface area contributed by atoms with Crippen LogP contribution in [0.2, 0.25) is 0 Å². The fourth-order valence-corrected chi connectivity index (χ4v) is 5.43. The van der Waals surface area contributed by atoms with Crippen molar-refractivity contribution in [2.24, 2.45) is 0 Å². The summed E-state index contributed by atoms with van der Waals surface area (Å²) >= 11 is 6.90. The molecule has 2 aliphatic heterocycles. The lowest BCUT2D eigenvalue weighted by molar-refractivity contribution is -1.02. The van der Waals surface area contributed by atoms with Crippen LogP contribution >= 0.6 is 31.9 Å². The number of benzene rings is 2. The number of quaternary nitrogens is 2. The van der Waals surface area contributed by atoms with Crippen LogP contribution in [0.3, 0.4) is 0 Å². The van der Waals surface area contributed by atoms with E-state index < -0.39 is 0 Å². The van der Waals surface area contributed by atoms with Crippen LogP contribution in [0.5, 0.6) is 0 Å². The molecule has 4 rings (SSSR count). The highest BCUT2D eigenvalue weighted by molar-refractivity contribution is 9.11. The quantitative estimate of drug-likeness (QED) is 0.601. The molecular formula is C21H23Br2N3O2+2. The van der Waals surface area contributed by atoms with Gasteiger partial charge in [-0.05, 0) is 34.1 Å². The lowest BCUT2D eigenvalue weighted by Gasteiger charge is -2.32. The van der Waals surface area contributed by atoms with Crippen molar-refractivity contribution >= 4 is 49.4 Å². The maximum Gasteiger partial charge on any atom is 0.292 e. The number of anilines is 1. The highest BCUT2D eigenvalue weighted by atomic mass is 79.9. The molecule has 2 heterocycles. The number of rotatable bonds is 4. The topological polar surface area (TPSA) is 46.3 Å². The molecule has 1 unspecified atom stereocenters. The molecular weight excluding hydrogens is 486 g/mol. The number of hydrogen-bond donors (Lipinski definition) is 2. The Morgan fingerprint density at radius 2 is 1.68 bits per heavy atom. The number of carbonyl (C=O) groups is 2. The van der Waals surface area contributed by atoms with Crippen LogP contribution in [0.15, 0.2) is 57.5 Å². The maximum absolute atomic E-state index is 13.1. The fourth-order valence-electron chi connectivity index (χ4n) is 4.20. The molecule has 0 radical (unpaired) electrons. The molecule has 0 saturated carbocycles. The molecule has 0 aliphatic carbocycles. The first kappa shape index (κ1) is 19.8. The highest BCUT2D eigenvalue weighted by Crippen LogP contribution is 2.32. The van der Waals surface area contributed by atoms with E-state index in [2.05, 4.69) is 56.1 Å². The number of hydrogen-bond acceptors (Lipinski definition) is 2. The van der Waals surface area contributed by atoms with Gasteiger partial charge in [0.15, 0.2) is 6.04 Å². The first-order valence-electron chi connectivity index (χ1n) is 9.57. The Morgan fingerprint density at radius 3 is 2.36 bits per heavy atom. The van der Waals surface area contributed by atoms with Crippen LogP contribution in [-0.2, 0) is 16.1 Å². The van der Waals surface area contributed by atoms with E-state index in [0.29, 0.717) is 12.1 Å². The number of piperazine rings is 1. The van der Waals surface area contributed by atoms with Crippen molar-refractivity contribution in [1.82, 2.24) is 0 Å². The molecule has 2 saturated heterocycles. The van der Waals surface area contributed by atoms with Gasteiger partial charge in [0.2, 0.25) is 5.91 Å². The number of amides is 2. The van der Waals surface area contributed by atoms with Gasteiger partial charge in [-0.1, -0.05) is 46.3 Å². The summed E-state index contributed by atoms with van der Waals surface area (Å²) in [6.45, 7) is 4.89. The first-order valence-corrected chi connectivity index (χ1v) is 11.2. The monoisotopic (exact) mass is 507 g/mol. The van der Waals surface area contributed by atoms with E-state index in [-0.39, 0.29) is 17.9 Å². The van der Waals surface area contributed by atoms with Crippen LogP contribution in [0, 0.1) is 0 Å². The van der Waals surface area contributed by atoms with E-state index in [0.717, 1.165) is 41.7 Å². The van der Waals surface area contributed by atoms with Gasteiger partial charge in [-0.25, -0.2) is 4.90 Å². The Labute approximate surface area is 181 Å². The summed E-state index contributed by atoms with van der Waals surface area (Å²) in [6.07, 6.45) is 0.296. The molecule has 2 aromatic rings. The third-order valence-corrected chi connectivity index (χ3v) is 6.81. The van der Waals surface area contributed by atoms with Gasteiger partial charge >= 0.3 is 0 Å². The largest absolute Gasteiger partial charge is 0.322 e. The Kier molecular flexibility index (Phi) is 5.96. The summed E-state index contributed by atoms with van der Waals surface area (Å²) < 4.78 is 1.65. The SMILES string of the molecule is O=C1CC([NH+]2CC[NH+](Cc3ccccc3)CC2)C(=O)N1c1ccc(Br)cc1Br. The van der Waals surface area contributed by atoms with Gasteiger partial charge in [0.1, 0.15) is 32.7 Å². The molecule has 28 heavy (non-hydrogen) atoms. The summed E-state index contributed by atoms with van der Waals surface area (Å²) in [5.74, 6) is -0.181. The van der Waals surface area contributed by atoms with Gasteiger partial charge in [0.05, 0.1) is 12.1 Å². The zero-order valence-corrected chi connectivity index (χ0v) is 18.6. The molecule has 1 atom stereocenters. The van der Waals surface area contributed by atoms with Gasteiger partial charge in [0.25, 0.3) is 5.91 Å². The fraction of sp³-hybridized carbons (Fsp3) is 0.333. The standard InChI is InChI=1S/C21H21Br2N3O2/c22-16-6-7-18(17(23)12-16)26-20(27)13-19(21(26)28)25-10-8-24(9-11-25)14-15-4-2-1-3-5-15/h1-7,12,19H,8-11,13-14H2/p+2. The van der Waals surface area contributed by atoms with Crippen molar-refractivity contribution in [3.8, 4) is 0 Å². The maximum atomic E-state index is 13.1. The molecule has 5 nitrogen and oxygen atoms in total. The second-order valence-corrected chi connectivity index (χ2v) is 9.26. The molecule has 0 bridgehead atoms. The van der Waals surface area contributed by atoms with E-state index in [1.165, 1.54) is 15.4 Å². The van der Waals surface area contributed by atoms with Crippen molar-refractivity contribution in [3.05, 3.63) is 63.0 Å². The number of nitrogens with zero attached hydrogens (tertiary/aromatic N) is 1. The van der Waals surface area contributed by atoms with E-state index in [1.807, 2.05) is 24.3 Å². The molecule has 2 fully saturated rings. The predicted octanol–water partition coefficient (Wildman–Crippen LogP) is 0.827. The number of nitrogens with one attached hydrogen (secondary N) is 2. The van der Waals surface area contributed by atoms with Crippen molar-refractivity contribution in [3.63, 3.8) is 0 Å². The van der Waals surface area contributed by atoms with Crippen molar-refractivity contribution in [2.75, 3.05) is 31.1 Å². The van der Waals surface area contributed by atoms with Crippen LogP contribution < -0.4 is 14.7 Å². The minimum absolute atomic E-state index is 0.0745. The highest BCUT2D eigenvalue weighted by Gasteiger charge is 2.47. The number of imide groups is 1. The van der Waals surface area contributed by atoms with Gasteiger partial charge in [-0.3, -0.25) is 9.59 Å². The summed E-state index contributed by atoms with van der Waals surface area (Å²) in [7, 11) is 0. The third kappa shape index (κ3) is 4.08. The van der Waals surface area contributed by atoms with Crippen LogP contribution in [0.4, 0.5) is 5.69 Å². The Hall–Kier alpha value is -1.54. The predicted molar refractivity (Wildman–Crippen MR) is 114 cm³/mol. The molecule has 2 N–H and O–H groups in total. The molecule has 2 amide bonds. The van der Waals surface area contributed by atoms with Crippen molar-refractivity contribution in [2.45, 2.75) is 19.0 Å². The lowest BCUT2D eigenvalue weighted by Crippen LogP contribution is -3.29. The number of halogens is 2.